The van der Waals surface area contributed by atoms with Gasteiger partial charge in [-0.15, -0.1) is 0 Å². The van der Waals surface area contributed by atoms with Gasteiger partial charge in [-0.2, -0.15) is 13.2 Å². The molecule has 0 aromatic heterocycles. The van der Waals surface area contributed by atoms with E-state index in [2.05, 4.69) is 5.32 Å². The first-order valence-electron chi connectivity index (χ1n) is 7.24. The van der Waals surface area contributed by atoms with Gasteiger partial charge in [-0.1, -0.05) is 24.3 Å². The number of aliphatic hydroxyl groups is 1. The molecule has 4 nitrogen and oxygen atoms in total. The van der Waals surface area contributed by atoms with Gasteiger partial charge in [-0.05, 0) is 29.3 Å². The Kier molecular flexibility index (Phi) is 4.24. The van der Waals surface area contributed by atoms with Crippen LogP contribution in [-0.2, 0) is 16.3 Å². The lowest BCUT2D eigenvalue weighted by Crippen LogP contribution is -2.26. The molecule has 1 aliphatic carbocycles. The molecule has 9 heteroatoms. The maximum absolute atomic E-state index is 13.4. The average molecular weight is 375 g/mol. The summed E-state index contributed by atoms with van der Waals surface area (Å²) < 4.78 is 75.5. The van der Waals surface area contributed by atoms with Gasteiger partial charge in [0.15, 0.2) is 0 Å². The summed E-state index contributed by atoms with van der Waals surface area (Å²) in [6.07, 6.45) is -0.681. The number of benzene rings is 2. The smallest absolute Gasteiger partial charge is 0.390 e. The third-order valence-corrected chi connectivity index (χ3v) is 5.58. The van der Waals surface area contributed by atoms with Crippen LogP contribution in [0.2, 0.25) is 0 Å². The maximum Gasteiger partial charge on any atom is 0.501 e. The number of rotatable bonds is 3. The van der Waals surface area contributed by atoms with Crippen LogP contribution in [0.5, 0.6) is 0 Å². The first-order valence-corrected chi connectivity index (χ1v) is 8.73. The van der Waals surface area contributed by atoms with Crippen molar-refractivity contribution < 1.29 is 31.1 Å². The van der Waals surface area contributed by atoms with E-state index >= 15 is 0 Å². The van der Waals surface area contributed by atoms with Crippen LogP contribution in [0.15, 0.2) is 47.4 Å². The fourth-order valence-corrected chi connectivity index (χ4v) is 3.81. The number of aliphatic hydroxyl groups excluding tert-OH is 1. The number of alkyl halides is 3. The first kappa shape index (κ1) is 17.7. The predicted octanol–water partition coefficient (Wildman–Crippen LogP) is 3.19. The standard InChI is InChI=1S/C16H13F4NO3S/c17-10-5-6-12(14(8-10)25(23,24)16(18,19)20)21-15-11-4-2-1-3-9(11)7-13(15)22/h1-6,8,13,15,21-22H,7H2/t13-,15+/m0/s1. The molecule has 2 atom stereocenters. The van der Waals surface area contributed by atoms with Gasteiger partial charge >= 0.3 is 5.51 Å². The summed E-state index contributed by atoms with van der Waals surface area (Å²) in [6, 6.07) is 8.19. The summed E-state index contributed by atoms with van der Waals surface area (Å²) in [7, 11) is -5.75. The van der Waals surface area contributed by atoms with Crippen molar-refractivity contribution in [1.82, 2.24) is 0 Å². The molecule has 0 amide bonds. The predicted molar refractivity (Wildman–Crippen MR) is 82.2 cm³/mol. The molecule has 2 aromatic rings. The number of sulfone groups is 1. The zero-order chi connectivity index (χ0) is 18.4. The fourth-order valence-electron chi connectivity index (χ4n) is 2.88. The molecular formula is C16H13F4NO3S. The number of hydrogen-bond donors (Lipinski definition) is 2. The molecule has 1 aliphatic rings. The number of nitrogens with one attached hydrogen (secondary N) is 1. The van der Waals surface area contributed by atoms with Gasteiger partial charge in [0, 0.05) is 6.42 Å². The molecule has 2 N–H and O–H groups in total. The lowest BCUT2D eigenvalue weighted by molar-refractivity contribution is -0.0435. The van der Waals surface area contributed by atoms with Crippen LogP contribution >= 0.6 is 0 Å². The van der Waals surface area contributed by atoms with Crippen molar-refractivity contribution in [2.24, 2.45) is 0 Å². The van der Waals surface area contributed by atoms with Gasteiger partial charge < -0.3 is 10.4 Å². The first-order chi connectivity index (χ1) is 11.6. The highest BCUT2D eigenvalue weighted by molar-refractivity contribution is 7.92. The van der Waals surface area contributed by atoms with Gasteiger partial charge in [0.25, 0.3) is 9.84 Å². The Labute approximate surface area is 141 Å². The summed E-state index contributed by atoms with van der Waals surface area (Å²) in [6.45, 7) is 0. The maximum atomic E-state index is 13.4. The Balaban J connectivity index is 2.05. The average Bonchev–Trinajstić information content (AvgIpc) is 2.84. The highest BCUT2D eigenvalue weighted by Gasteiger charge is 2.48. The van der Waals surface area contributed by atoms with Crippen LogP contribution in [0, 0.1) is 5.82 Å². The number of fused-ring (bicyclic) bond motifs is 1. The molecule has 134 valence electrons. The Morgan fingerprint density at radius 1 is 1.12 bits per heavy atom. The highest BCUT2D eigenvalue weighted by Crippen LogP contribution is 2.39. The van der Waals surface area contributed by atoms with E-state index in [1.807, 2.05) is 0 Å². The monoisotopic (exact) mass is 375 g/mol. The van der Waals surface area contributed by atoms with Crippen LogP contribution in [0.1, 0.15) is 17.2 Å². The fraction of sp³-hybridized carbons (Fsp3) is 0.250. The van der Waals surface area contributed by atoms with Crippen molar-refractivity contribution >= 4 is 15.5 Å². The third kappa shape index (κ3) is 3.09. The summed E-state index contributed by atoms with van der Waals surface area (Å²) in [5, 5.41) is 12.8. The minimum atomic E-state index is -5.75. The minimum absolute atomic E-state index is 0.274. The van der Waals surface area contributed by atoms with E-state index < -0.39 is 43.9 Å². The zero-order valence-corrected chi connectivity index (χ0v) is 13.4. The van der Waals surface area contributed by atoms with Crippen LogP contribution in [0.4, 0.5) is 23.2 Å². The van der Waals surface area contributed by atoms with Gasteiger partial charge in [0.2, 0.25) is 0 Å². The lowest BCUT2D eigenvalue weighted by Gasteiger charge is -2.22. The van der Waals surface area contributed by atoms with E-state index in [9.17, 15) is 31.1 Å². The molecule has 0 heterocycles. The van der Waals surface area contributed by atoms with E-state index in [1.165, 1.54) is 0 Å². The molecule has 0 saturated heterocycles. The van der Waals surface area contributed by atoms with E-state index in [0.29, 0.717) is 11.6 Å². The number of halogens is 4. The topological polar surface area (TPSA) is 66.4 Å². The summed E-state index contributed by atoms with van der Waals surface area (Å²) in [5.74, 6) is -1.11. The Morgan fingerprint density at radius 3 is 2.48 bits per heavy atom. The van der Waals surface area contributed by atoms with Crippen LogP contribution in [-0.4, -0.2) is 25.1 Å². The van der Waals surface area contributed by atoms with Crippen molar-refractivity contribution in [3.05, 3.63) is 59.4 Å². The molecule has 0 radical (unpaired) electrons. The quantitative estimate of drug-likeness (QED) is 0.809. The Hall–Kier alpha value is -2.13. The molecule has 0 saturated carbocycles. The Morgan fingerprint density at radius 2 is 1.80 bits per heavy atom. The van der Waals surface area contributed by atoms with Crippen LogP contribution < -0.4 is 5.32 Å². The zero-order valence-electron chi connectivity index (χ0n) is 12.6. The summed E-state index contributed by atoms with van der Waals surface area (Å²) >= 11 is 0. The highest BCUT2D eigenvalue weighted by atomic mass is 32.2. The van der Waals surface area contributed by atoms with Crippen molar-refractivity contribution in [3.8, 4) is 0 Å². The lowest BCUT2D eigenvalue weighted by atomic mass is 10.1. The largest absolute Gasteiger partial charge is 0.501 e. The molecule has 25 heavy (non-hydrogen) atoms. The molecule has 0 aliphatic heterocycles. The van der Waals surface area contributed by atoms with Gasteiger partial charge in [-0.3, -0.25) is 0 Å². The molecule has 2 aromatic carbocycles. The molecule has 0 bridgehead atoms. The second-order valence-electron chi connectivity index (χ2n) is 5.68. The normalized spacial score (nSPS) is 20.4. The minimum Gasteiger partial charge on any atom is -0.390 e. The SMILES string of the molecule is O=S(=O)(c1cc(F)ccc1N[C@@H]1c2ccccc2C[C@@H]1O)C(F)(F)F. The number of anilines is 1. The van der Waals surface area contributed by atoms with Crippen molar-refractivity contribution in [1.29, 1.82) is 0 Å². The van der Waals surface area contributed by atoms with Gasteiger partial charge in [0.05, 0.1) is 17.8 Å². The third-order valence-electron chi connectivity index (χ3n) is 4.05. The van der Waals surface area contributed by atoms with Crippen molar-refractivity contribution in [2.75, 3.05) is 5.32 Å². The molecule has 0 unspecified atom stereocenters. The molecule has 0 fully saturated rings. The van der Waals surface area contributed by atoms with Crippen molar-refractivity contribution in [2.45, 2.75) is 29.0 Å². The van der Waals surface area contributed by atoms with E-state index in [-0.39, 0.29) is 6.42 Å². The summed E-state index contributed by atoms with van der Waals surface area (Å²) in [5.41, 5.74) is -4.53. The van der Waals surface area contributed by atoms with Gasteiger partial charge in [0.1, 0.15) is 10.7 Å². The molecular weight excluding hydrogens is 362 g/mol. The number of hydrogen-bond acceptors (Lipinski definition) is 4. The van der Waals surface area contributed by atoms with E-state index in [1.54, 1.807) is 24.3 Å². The van der Waals surface area contributed by atoms with Gasteiger partial charge in [-0.25, -0.2) is 12.8 Å². The second kappa shape index (κ2) is 5.99. The molecule has 3 rings (SSSR count). The van der Waals surface area contributed by atoms with Crippen LogP contribution in [0.25, 0.3) is 0 Å². The summed E-state index contributed by atoms with van der Waals surface area (Å²) in [4.78, 5) is -1.21. The van der Waals surface area contributed by atoms with Crippen LogP contribution in [0.3, 0.4) is 0 Å². The molecule has 0 spiro atoms. The van der Waals surface area contributed by atoms with E-state index in [0.717, 1.165) is 17.7 Å². The second-order valence-corrected chi connectivity index (χ2v) is 7.59. The Bertz CT molecular complexity index is 912. The van der Waals surface area contributed by atoms with Crippen molar-refractivity contribution in [3.63, 3.8) is 0 Å². The van der Waals surface area contributed by atoms with E-state index in [4.69, 9.17) is 0 Å².